The van der Waals surface area contributed by atoms with Crippen molar-refractivity contribution in [3.05, 3.63) is 23.8 Å². The molecule has 1 heterocycles. The van der Waals surface area contributed by atoms with Gasteiger partial charge in [-0.15, -0.1) is 0 Å². The molecule has 0 aliphatic carbocycles. The molecule has 0 amide bonds. The lowest BCUT2D eigenvalue weighted by Crippen LogP contribution is -2.50. The van der Waals surface area contributed by atoms with Crippen LogP contribution in [0, 0.1) is 6.92 Å². The maximum absolute atomic E-state index is 6.03. The summed E-state index contributed by atoms with van der Waals surface area (Å²) in [5.74, 6) is 1.00. The van der Waals surface area contributed by atoms with Crippen LogP contribution in [0.15, 0.2) is 18.2 Å². The molecule has 1 aromatic rings. The Balaban J connectivity index is 2.36. The molecular weight excluding hydrogens is 200 g/mol. The van der Waals surface area contributed by atoms with Gasteiger partial charge in [0.2, 0.25) is 0 Å². The van der Waals surface area contributed by atoms with E-state index in [-0.39, 0.29) is 6.10 Å². The molecule has 3 nitrogen and oxygen atoms in total. The number of fused-ring (bicyclic) bond motifs is 1. The second-order valence-electron chi connectivity index (χ2n) is 4.49. The molecule has 2 rings (SSSR count). The van der Waals surface area contributed by atoms with Crippen LogP contribution in [-0.4, -0.2) is 32.8 Å². The number of para-hydroxylation sites is 1. The van der Waals surface area contributed by atoms with Crippen LogP contribution in [0.4, 0.5) is 5.69 Å². The van der Waals surface area contributed by atoms with Crippen LogP contribution in [0.25, 0.3) is 0 Å². The Bertz CT molecular complexity index is 378. The van der Waals surface area contributed by atoms with E-state index in [4.69, 9.17) is 4.74 Å². The van der Waals surface area contributed by atoms with E-state index in [2.05, 4.69) is 43.2 Å². The Kier molecular flexibility index (Phi) is 3.06. The van der Waals surface area contributed by atoms with Crippen molar-refractivity contribution < 1.29 is 4.74 Å². The van der Waals surface area contributed by atoms with Crippen LogP contribution >= 0.6 is 0 Å². The third-order valence-electron chi connectivity index (χ3n) is 3.39. The Morgan fingerprint density at radius 3 is 2.88 bits per heavy atom. The predicted molar refractivity (Wildman–Crippen MR) is 67.4 cm³/mol. The SMILES string of the molecule is CNCC1Oc2cccc(C)c2N(C)C1C. The summed E-state index contributed by atoms with van der Waals surface area (Å²) in [5.41, 5.74) is 2.50. The number of hydrogen-bond donors (Lipinski definition) is 1. The fourth-order valence-electron chi connectivity index (χ4n) is 2.31. The third kappa shape index (κ3) is 1.76. The quantitative estimate of drug-likeness (QED) is 0.822. The van der Waals surface area contributed by atoms with Crippen molar-refractivity contribution in [3.63, 3.8) is 0 Å². The van der Waals surface area contributed by atoms with Crippen molar-refractivity contribution in [2.45, 2.75) is 26.0 Å². The number of nitrogens with one attached hydrogen (secondary N) is 1. The van der Waals surface area contributed by atoms with E-state index < -0.39 is 0 Å². The highest BCUT2D eigenvalue weighted by molar-refractivity contribution is 5.65. The summed E-state index contributed by atoms with van der Waals surface area (Å²) in [6.07, 6.45) is 0.212. The second-order valence-corrected chi connectivity index (χ2v) is 4.49. The Morgan fingerprint density at radius 2 is 2.19 bits per heavy atom. The maximum atomic E-state index is 6.03. The van der Waals surface area contributed by atoms with E-state index in [9.17, 15) is 0 Å². The molecule has 0 fully saturated rings. The van der Waals surface area contributed by atoms with E-state index in [1.807, 2.05) is 13.1 Å². The van der Waals surface area contributed by atoms with Gasteiger partial charge >= 0.3 is 0 Å². The number of hydrogen-bond acceptors (Lipinski definition) is 3. The zero-order chi connectivity index (χ0) is 11.7. The molecule has 3 heteroatoms. The Morgan fingerprint density at radius 1 is 1.44 bits per heavy atom. The average molecular weight is 220 g/mol. The lowest BCUT2D eigenvalue weighted by Gasteiger charge is -2.40. The van der Waals surface area contributed by atoms with Crippen LogP contribution in [0.5, 0.6) is 5.75 Å². The van der Waals surface area contributed by atoms with Gasteiger partial charge in [-0.25, -0.2) is 0 Å². The molecule has 0 bridgehead atoms. The number of benzene rings is 1. The predicted octanol–water partition coefficient (Wildman–Crippen LogP) is 1.80. The lowest BCUT2D eigenvalue weighted by atomic mass is 10.0. The monoisotopic (exact) mass is 220 g/mol. The minimum absolute atomic E-state index is 0.212. The highest BCUT2D eigenvalue weighted by atomic mass is 16.5. The average Bonchev–Trinajstić information content (AvgIpc) is 2.25. The summed E-state index contributed by atoms with van der Waals surface area (Å²) < 4.78 is 6.03. The fourth-order valence-corrected chi connectivity index (χ4v) is 2.31. The number of likely N-dealkylation sites (N-methyl/N-ethyl adjacent to an activating group) is 2. The minimum Gasteiger partial charge on any atom is -0.485 e. The van der Waals surface area contributed by atoms with E-state index in [0.29, 0.717) is 6.04 Å². The topological polar surface area (TPSA) is 24.5 Å². The van der Waals surface area contributed by atoms with Crippen LogP contribution in [0.1, 0.15) is 12.5 Å². The standard InChI is InChI=1S/C13H20N2O/c1-9-6-5-7-11-13(9)15(4)10(2)12(16-11)8-14-3/h5-7,10,12,14H,8H2,1-4H3. The van der Waals surface area contributed by atoms with Gasteiger partial charge in [-0.3, -0.25) is 0 Å². The molecule has 88 valence electrons. The summed E-state index contributed by atoms with van der Waals surface area (Å²) >= 11 is 0. The van der Waals surface area contributed by atoms with E-state index in [0.717, 1.165) is 12.3 Å². The number of nitrogens with zero attached hydrogens (tertiary/aromatic N) is 1. The number of ether oxygens (including phenoxy) is 1. The smallest absolute Gasteiger partial charge is 0.143 e. The minimum atomic E-state index is 0.212. The largest absolute Gasteiger partial charge is 0.485 e. The summed E-state index contributed by atoms with van der Waals surface area (Å²) in [4.78, 5) is 2.32. The Labute approximate surface area is 97.4 Å². The van der Waals surface area contributed by atoms with Crippen LogP contribution in [0.3, 0.4) is 0 Å². The summed E-state index contributed by atoms with van der Waals surface area (Å²) in [6, 6.07) is 6.62. The lowest BCUT2D eigenvalue weighted by molar-refractivity contribution is 0.160. The molecule has 0 radical (unpaired) electrons. The molecule has 0 aromatic heterocycles. The van der Waals surface area contributed by atoms with Crippen molar-refractivity contribution in [1.29, 1.82) is 0 Å². The molecule has 0 spiro atoms. The highest BCUT2D eigenvalue weighted by Crippen LogP contribution is 2.37. The van der Waals surface area contributed by atoms with Gasteiger partial charge in [-0.2, -0.15) is 0 Å². The first-order chi connectivity index (χ1) is 7.65. The van der Waals surface area contributed by atoms with Gasteiger partial charge in [0, 0.05) is 13.6 Å². The van der Waals surface area contributed by atoms with Crippen molar-refractivity contribution in [2.24, 2.45) is 0 Å². The maximum Gasteiger partial charge on any atom is 0.143 e. The van der Waals surface area contributed by atoms with Crippen LogP contribution < -0.4 is 15.0 Å². The van der Waals surface area contributed by atoms with Crippen molar-refractivity contribution in [1.82, 2.24) is 5.32 Å². The van der Waals surface area contributed by atoms with Gasteiger partial charge in [0.25, 0.3) is 0 Å². The molecule has 0 saturated heterocycles. The molecule has 1 aliphatic rings. The van der Waals surface area contributed by atoms with Crippen molar-refractivity contribution in [2.75, 3.05) is 25.5 Å². The van der Waals surface area contributed by atoms with E-state index in [1.54, 1.807) is 0 Å². The second kappa shape index (κ2) is 4.34. The van der Waals surface area contributed by atoms with Gasteiger partial charge in [-0.1, -0.05) is 12.1 Å². The summed E-state index contributed by atoms with van der Waals surface area (Å²) in [6.45, 7) is 5.21. The van der Waals surface area contributed by atoms with Gasteiger partial charge in [0.1, 0.15) is 11.9 Å². The first kappa shape index (κ1) is 11.3. The highest BCUT2D eigenvalue weighted by Gasteiger charge is 2.30. The van der Waals surface area contributed by atoms with Crippen LogP contribution in [0.2, 0.25) is 0 Å². The Hall–Kier alpha value is -1.22. The normalized spacial score (nSPS) is 23.9. The molecule has 0 saturated carbocycles. The van der Waals surface area contributed by atoms with Crippen molar-refractivity contribution >= 4 is 5.69 Å². The van der Waals surface area contributed by atoms with Gasteiger partial charge in [-0.05, 0) is 32.5 Å². The van der Waals surface area contributed by atoms with Crippen molar-refractivity contribution in [3.8, 4) is 5.75 Å². The molecule has 16 heavy (non-hydrogen) atoms. The fraction of sp³-hybridized carbons (Fsp3) is 0.538. The first-order valence-corrected chi connectivity index (χ1v) is 5.79. The zero-order valence-electron chi connectivity index (χ0n) is 10.4. The molecule has 1 aromatic carbocycles. The van der Waals surface area contributed by atoms with Gasteiger partial charge < -0.3 is 15.0 Å². The molecule has 2 atom stereocenters. The molecular formula is C13H20N2O. The summed E-state index contributed by atoms with van der Waals surface area (Å²) in [7, 11) is 4.10. The van der Waals surface area contributed by atoms with Gasteiger partial charge in [0.05, 0.1) is 11.7 Å². The van der Waals surface area contributed by atoms with E-state index >= 15 is 0 Å². The number of aryl methyl sites for hydroxylation is 1. The number of anilines is 1. The summed E-state index contributed by atoms with van der Waals surface area (Å²) in [5, 5.41) is 3.18. The molecule has 1 aliphatic heterocycles. The molecule has 1 N–H and O–H groups in total. The van der Waals surface area contributed by atoms with E-state index in [1.165, 1.54) is 11.3 Å². The zero-order valence-corrected chi connectivity index (χ0v) is 10.4. The first-order valence-electron chi connectivity index (χ1n) is 5.79. The van der Waals surface area contributed by atoms with Crippen LogP contribution in [-0.2, 0) is 0 Å². The molecule has 2 unspecified atom stereocenters. The number of rotatable bonds is 2. The van der Waals surface area contributed by atoms with Gasteiger partial charge in [0.15, 0.2) is 0 Å². The third-order valence-corrected chi connectivity index (χ3v) is 3.39.